The van der Waals surface area contributed by atoms with E-state index < -0.39 is 6.17 Å². The molecule has 1 nitrogen and oxygen atoms in total. The van der Waals surface area contributed by atoms with Crippen molar-refractivity contribution in [3.8, 4) is 0 Å². The maximum absolute atomic E-state index is 12.8. The fourth-order valence-corrected chi connectivity index (χ4v) is 2.36. The van der Waals surface area contributed by atoms with Gasteiger partial charge in [-0.25, -0.2) is 4.39 Å². The summed E-state index contributed by atoms with van der Waals surface area (Å²) in [7, 11) is 0. The van der Waals surface area contributed by atoms with Crippen LogP contribution in [0.5, 0.6) is 0 Å². The molecule has 0 amide bonds. The van der Waals surface area contributed by atoms with Crippen molar-refractivity contribution < 1.29 is 4.39 Å². The molecule has 0 saturated carbocycles. The van der Waals surface area contributed by atoms with Gasteiger partial charge in [0.05, 0.1) is 0 Å². The summed E-state index contributed by atoms with van der Waals surface area (Å²) in [5.74, 6) is 0. The van der Waals surface area contributed by atoms with Gasteiger partial charge < -0.3 is 0 Å². The average Bonchev–Trinajstić information content (AvgIpc) is 2.20. The van der Waals surface area contributed by atoms with Crippen molar-refractivity contribution in [3.63, 3.8) is 0 Å². The van der Waals surface area contributed by atoms with E-state index in [-0.39, 0.29) is 5.54 Å². The third-order valence-electron chi connectivity index (χ3n) is 3.93. The minimum absolute atomic E-state index is 0.260. The topological polar surface area (TPSA) is 3.24 Å². The lowest BCUT2D eigenvalue weighted by Crippen LogP contribution is -2.59. The lowest BCUT2D eigenvalue weighted by atomic mass is 9.86. The Morgan fingerprint density at radius 1 is 1.20 bits per heavy atom. The number of unbranched alkanes of at least 4 members (excludes halogenated alkanes) is 3. The number of likely N-dealkylation sites (tertiary alicyclic amines) is 1. The van der Waals surface area contributed by atoms with E-state index >= 15 is 0 Å². The van der Waals surface area contributed by atoms with E-state index in [0.29, 0.717) is 13.1 Å². The van der Waals surface area contributed by atoms with Crippen molar-refractivity contribution >= 4 is 0 Å². The van der Waals surface area contributed by atoms with Crippen LogP contribution in [0, 0.1) is 0 Å². The number of alkyl halides is 1. The quantitative estimate of drug-likeness (QED) is 0.584. The predicted octanol–water partition coefficient (Wildman–Crippen LogP) is 3.78. The van der Waals surface area contributed by atoms with Gasteiger partial charge in [0.2, 0.25) is 0 Å². The molecule has 1 saturated heterocycles. The molecule has 1 heterocycles. The molecule has 0 aromatic carbocycles. The van der Waals surface area contributed by atoms with Gasteiger partial charge in [-0.15, -0.1) is 0 Å². The highest BCUT2D eigenvalue weighted by molar-refractivity contribution is 4.93. The molecule has 1 aliphatic rings. The van der Waals surface area contributed by atoms with Crippen molar-refractivity contribution in [3.05, 3.63) is 0 Å². The van der Waals surface area contributed by atoms with E-state index in [1.807, 2.05) is 0 Å². The molecule has 0 N–H and O–H groups in total. The van der Waals surface area contributed by atoms with Crippen LogP contribution in [0.15, 0.2) is 0 Å². The highest BCUT2D eigenvalue weighted by Crippen LogP contribution is 2.31. The molecule has 0 aromatic rings. The van der Waals surface area contributed by atoms with E-state index in [1.54, 1.807) is 0 Å². The highest BCUT2D eigenvalue weighted by atomic mass is 19.1. The van der Waals surface area contributed by atoms with Crippen LogP contribution < -0.4 is 0 Å². The lowest BCUT2D eigenvalue weighted by Gasteiger charge is -2.48. The number of rotatable bonds is 7. The molecule has 2 heteroatoms. The van der Waals surface area contributed by atoms with Crippen molar-refractivity contribution in [1.29, 1.82) is 0 Å². The summed E-state index contributed by atoms with van der Waals surface area (Å²) < 4.78 is 12.8. The van der Waals surface area contributed by atoms with Gasteiger partial charge in [-0.1, -0.05) is 39.5 Å². The monoisotopic (exact) mass is 215 g/mol. The van der Waals surface area contributed by atoms with E-state index in [1.165, 1.54) is 32.1 Å². The van der Waals surface area contributed by atoms with Crippen molar-refractivity contribution in [2.75, 3.05) is 13.1 Å². The summed E-state index contributed by atoms with van der Waals surface area (Å²) in [6, 6.07) is 0. The van der Waals surface area contributed by atoms with Crippen molar-refractivity contribution in [1.82, 2.24) is 4.90 Å². The standard InChI is InChI=1S/C13H26FN/c1-4-6-7-8-9-13(3,5-2)15-10-12(14)11-15/h12H,4-11H2,1-3H3. The average molecular weight is 215 g/mol. The summed E-state index contributed by atoms with van der Waals surface area (Å²) in [6.45, 7) is 8.09. The Morgan fingerprint density at radius 2 is 1.87 bits per heavy atom. The van der Waals surface area contributed by atoms with Crippen molar-refractivity contribution in [2.45, 2.75) is 71.0 Å². The van der Waals surface area contributed by atoms with Crippen molar-refractivity contribution in [2.24, 2.45) is 0 Å². The first-order valence-corrected chi connectivity index (χ1v) is 6.51. The molecular formula is C13H26FN. The number of nitrogens with zero attached hydrogens (tertiary/aromatic N) is 1. The third kappa shape index (κ3) is 3.44. The molecule has 1 aliphatic heterocycles. The minimum Gasteiger partial charge on any atom is -0.292 e. The van der Waals surface area contributed by atoms with Crippen LogP contribution in [0.25, 0.3) is 0 Å². The Labute approximate surface area is 94.0 Å². The largest absolute Gasteiger partial charge is 0.292 e. The molecule has 0 radical (unpaired) electrons. The third-order valence-corrected chi connectivity index (χ3v) is 3.93. The zero-order valence-electron chi connectivity index (χ0n) is 10.6. The second-order valence-corrected chi connectivity index (χ2v) is 5.16. The summed E-state index contributed by atoms with van der Waals surface area (Å²) in [6.07, 6.45) is 7.07. The molecule has 1 unspecified atom stereocenters. The minimum atomic E-state index is -0.563. The van der Waals surface area contributed by atoms with Gasteiger partial charge in [0.25, 0.3) is 0 Å². The number of halogens is 1. The van der Waals surface area contributed by atoms with Gasteiger partial charge in [0, 0.05) is 18.6 Å². The second kappa shape index (κ2) is 5.83. The van der Waals surface area contributed by atoms with Gasteiger partial charge in [0.1, 0.15) is 6.17 Å². The fraction of sp³-hybridized carbons (Fsp3) is 1.00. The Kier molecular flexibility index (Phi) is 5.04. The molecule has 0 spiro atoms. The zero-order chi connectivity index (χ0) is 11.3. The molecule has 0 aliphatic carbocycles. The fourth-order valence-electron chi connectivity index (χ4n) is 2.36. The number of hydrogen-bond donors (Lipinski definition) is 0. The maximum atomic E-state index is 12.8. The SMILES string of the molecule is CCCCCCC(C)(CC)N1CC(F)C1. The summed E-state index contributed by atoms with van der Waals surface area (Å²) in [4.78, 5) is 2.32. The Morgan fingerprint density at radius 3 is 2.33 bits per heavy atom. The molecule has 1 fully saturated rings. The normalized spacial score (nSPS) is 22.4. The van der Waals surface area contributed by atoms with Gasteiger partial charge in [-0.3, -0.25) is 4.90 Å². The van der Waals surface area contributed by atoms with Crippen LogP contribution in [0.3, 0.4) is 0 Å². The first-order valence-electron chi connectivity index (χ1n) is 6.51. The lowest BCUT2D eigenvalue weighted by molar-refractivity contribution is -0.0296. The van der Waals surface area contributed by atoms with Gasteiger partial charge >= 0.3 is 0 Å². The molecule has 1 atom stereocenters. The summed E-state index contributed by atoms with van der Waals surface area (Å²) in [5.41, 5.74) is 0.260. The van der Waals surface area contributed by atoms with Crippen LogP contribution in [0.1, 0.15) is 59.3 Å². The van der Waals surface area contributed by atoms with E-state index in [2.05, 4.69) is 25.7 Å². The summed E-state index contributed by atoms with van der Waals surface area (Å²) >= 11 is 0. The van der Waals surface area contributed by atoms with E-state index in [4.69, 9.17) is 0 Å². The summed E-state index contributed by atoms with van der Waals surface area (Å²) in [5, 5.41) is 0. The predicted molar refractivity (Wildman–Crippen MR) is 63.9 cm³/mol. The van der Waals surface area contributed by atoms with Crippen LogP contribution in [0.2, 0.25) is 0 Å². The zero-order valence-corrected chi connectivity index (χ0v) is 10.6. The van der Waals surface area contributed by atoms with E-state index in [9.17, 15) is 4.39 Å². The first kappa shape index (κ1) is 13.0. The molecule has 0 aromatic heterocycles. The van der Waals surface area contributed by atoms with Gasteiger partial charge in [-0.2, -0.15) is 0 Å². The first-order chi connectivity index (χ1) is 7.12. The highest BCUT2D eigenvalue weighted by Gasteiger charge is 2.38. The van der Waals surface area contributed by atoms with Crippen LogP contribution in [0.4, 0.5) is 4.39 Å². The Hall–Kier alpha value is -0.110. The van der Waals surface area contributed by atoms with E-state index in [0.717, 1.165) is 6.42 Å². The van der Waals surface area contributed by atoms with Gasteiger partial charge in [-0.05, 0) is 19.8 Å². The molecule has 1 rings (SSSR count). The smallest absolute Gasteiger partial charge is 0.125 e. The molecular weight excluding hydrogens is 189 g/mol. The Bertz CT molecular complexity index is 177. The number of hydrogen-bond acceptors (Lipinski definition) is 1. The van der Waals surface area contributed by atoms with Crippen LogP contribution in [-0.2, 0) is 0 Å². The van der Waals surface area contributed by atoms with Gasteiger partial charge in [0.15, 0.2) is 0 Å². The molecule has 0 bridgehead atoms. The second-order valence-electron chi connectivity index (χ2n) is 5.16. The van der Waals surface area contributed by atoms with Crippen LogP contribution >= 0.6 is 0 Å². The molecule has 90 valence electrons. The molecule has 15 heavy (non-hydrogen) atoms. The Balaban J connectivity index is 2.26. The van der Waals surface area contributed by atoms with Crippen LogP contribution in [-0.4, -0.2) is 29.7 Å². The maximum Gasteiger partial charge on any atom is 0.125 e.